The predicted octanol–water partition coefficient (Wildman–Crippen LogP) is 3.21. The highest BCUT2D eigenvalue weighted by Gasteiger charge is 2.60. The molecule has 1 aromatic carbocycles. The smallest absolute Gasteiger partial charge is 0.355 e. The van der Waals surface area contributed by atoms with E-state index in [-0.39, 0.29) is 35.6 Å². The van der Waals surface area contributed by atoms with Crippen molar-refractivity contribution in [3.63, 3.8) is 0 Å². The Hall–Kier alpha value is -3.90. The molecular formula is C25H24N4O7S. The van der Waals surface area contributed by atoms with Crippen molar-refractivity contribution in [2.24, 2.45) is 11.8 Å². The summed E-state index contributed by atoms with van der Waals surface area (Å²) in [6.07, 6.45) is 2.75. The van der Waals surface area contributed by atoms with Crippen molar-refractivity contribution in [2.75, 3.05) is 0 Å². The van der Waals surface area contributed by atoms with E-state index in [1.807, 2.05) is 6.92 Å². The van der Waals surface area contributed by atoms with Crippen LogP contribution >= 0.6 is 11.3 Å². The van der Waals surface area contributed by atoms with Gasteiger partial charge in [0.2, 0.25) is 5.91 Å². The number of ketones is 1. The second-order valence-corrected chi connectivity index (χ2v) is 10.2. The number of nitro benzene ring substituents is 1. The molecule has 1 amide bonds. The van der Waals surface area contributed by atoms with E-state index < -0.39 is 29.0 Å². The van der Waals surface area contributed by atoms with Gasteiger partial charge in [-0.3, -0.25) is 24.1 Å². The highest BCUT2D eigenvalue weighted by atomic mass is 32.1. The number of aliphatic hydroxyl groups excluding tert-OH is 1. The first-order valence-electron chi connectivity index (χ1n) is 11.8. The molecular weight excluding hydrogens is 500 g/mol. The molecule has 1 fully saturated rings. The van der Waals surface area contributed by atoms with Crippen molar-refractivity contribution < 1.29 is 29.2 Å². The van der Waals surface area contributed by atoms with E-state index in [1.54, 1.807) is 30.8 Å². The van der Waals surface area contributed by atoms with Crippen LogP contribution < -0.4 is 0 Å². The highest BCUT2D eigenvalue weighted by Crippen LogP contribution is 2.51. The lowest BCUT2D eigenvalue weighted by atomic mass is 9.77. The summed E-state index contributed by atoms with van der Waals surface area (Å²) < 4.78 is 7.28. The molecule has 1 unspecified atom stereocenters. The number of Topliss-reactive ketones (excluding diaryl/α,β-unsaturated/α-hetero) is 1. The number of aliphatic hydroxyl groups is 1. The van der Waals surface area contributed by atoms with E-state index in [4.69, 9.17) is 4.74 Å². The van der Waals surface area contributed by atoms with Crippen LogP contribution in [0.1, 0.15) is 48.1 Å². The fourth-order valence-electron chi connectivity index (χ4n) is 5.10. The number of fused-ring (bicyclic) bond motifs is 2. The van der Waals surface area contributed by atoms with Gasteiger partial charge in [-0.25, -0.2) is 9.78 Å². The number of hydrogen-bond donors (Lipinski definition) is 1. The summed E-state index contributed by atoms with van der Waals surface area (Å²) in [6, 6.07) is 5.25. The van der Waals surface area contributed by atoms with Gasteiger partial charge < -0.3 is 14.7 Å². The van der Waals surface area contributed by atoms with E-state index in [0.717, 1.165) is 0 Å². The van der Waals surface area contributed by atoms with Crippen LogP contribution in [0.4, 0.5) is 5.69 Å². The fourth-order valence-corrected chi connectivity index (χ4v) is 6.33. The molecule has 2 aliphatic rings. The van der Waals surface area contributed by atoms with E-state index in [9.17, 15) is 29.6 Å². The molecule has 0 spiro atoms. The van der Waals surface area contributed by atoms with E-state index >= 15 is 0 Å². The van der Waals surface area contributed by atoms with Crippen molar-refractivity contribution in [1.29, 1.82) is 0 Å². The number of β-lactam (4-membered cyclic amide) rings is 1. The normalized spacial score (nSPS) is 21.7. The minimum Gasteiger partial charge on any atom is -0.456 e. The number of thiazole rings is 1. The van der Waals surface area contributed by atoms with Crippen LogP contribution in [0.2, 0.25) is 0 Å². The fraction of sp³-hybridized carbons (Fsp3) is 0.360. The van der Waals surface area contributed by atoms with Crippen molar-refractivity contribution in [1.82, 2.24) is 14.3 Å². The third kappa shape index (κ3) is 3.92. The van der Waals surface area contributed by atoms with Crippen LogP contribution in [-0.2, 0) is 20.9 Å². The van der Waals surface area contributed by atoms with Crippen LogP contribution in [0, 0.1) is 22.0 Å². The molecule has 37 heavy (non-hydrogen) atoms. The van der Waals surface area contributed by atoms with Gasteiger partial charge >= 0.3 is 5.97 Å². The Labute approximate surface area is 215 Å². The number of benzene rings is 1. The monoisotopic (exact) mass is 524 g/mol. The number of esters is 1. The largest absolute Gasteiger partial charge is 0.456 e. The molecule has 2 aromatic heterocycles. The van der Waals surface area contributed by atoms with Gasteiger partial charge in [0, 0.05) is 36.2 Å². The summed E-state index contributed by atoms with van der Waals surface area (Å²) in [5, 5.41) is 21.1. The summed E-state index contributed by atoms with van der Waals surface area (Å²) >= 11 is 1.31. The number of aromatic nitrogens is 2. The molecule has 4 heterocycles. The number of carbonyl (C=O) groups excluding carboxylic acids is 3. The molecule has 192 valence electrons. The first-order valence-corrected chi connectivity index (χ1v) is 12.6. The molecule has 0 radical (unpaired) electrons. The maximum atomic E-state index is 13.4. The Balaban J connectivity index is 1.51. The highest BCUT2D eigenvalue weighted by molar-refractivity contribution is 7.18. The molecule has 1 saturated heterocycles. The lowest BCUT2D eigenvalue weighted by Crippen LogP contribution is -2.63. The first-order chi connectivity index (χ1) is 17.6. The van der Waals surface area contributed by atoms with Gasteiger partial charge in [0.1, 0.15) is 29.2 Å². The standard InChI is InChI=1S/C25H24N4O7S/c1-4-16(31)20-24-27(11-26-20)9-17(37-24)18-12(2)21-19(13(3)30)23(32)28(21)22(18)25(33)36-10-14-5-7-15(8-6-14)29(34)35/h5-9,11-13,19,21,30H,4,10H2,1-3H3/t12?,13-,19-,21+/m1/s1. The van der Waals surface area contributed by atoms with Gasteiger partial charge in [-0.2, -0.15) is 0 Å². The molecule has 3 aromatic rings. The average Bonchev–Trinajstić information content (AvgIpc) is 3.51. The number of nitrogens with zero attached hydrogens (tertiary/aromatic N) is 4. The summed E-state index contributed by atoms with van der Waals surface area (Å²) in [4.78, 5) is 56.1. The zero-order chi connectivity index (χ0) is 26.6. The zero-order valence-corrected chi connectivity index (χ0v) is 21.1. The number of rotatable bonds is 8. The maximum Gasteiger partial charge on any atom is 0.355 e. The number of nitro groups is 1. The summed E-state index contributed by atoms with van der Waals surface area (Å²) in [7, 11) is 0. The van der Waals surface area contributed by atoms with Crippen molar-refractivity contribution >= 4 is 45.1 Å². The van der Waals surface area contributed by atoms with Gasteiger partial charge in [0.05, 0.1) is 27.9 Å². The first kappa shape index (κ1) is 24.8. The molecule has 2 aliphatic heterocycles. The third-order valence-corrected chi connectivity index (χ3v) is 8.09. The van der Waals surface area contributed by atoms with Crippen LogP contribution in [-0.4, -0.2) is 54.1 Å². The van der Waals surface area contributed by atoms with Crippen LogP contribution in [0.15, 0.2) is 42.5 Å². The SMILES string of the molecule is CCC(=O)c1ncn2cc(C3=C(C(=O)OCc4ccc([N+](=O)[O-])cc4)N4C(=O)[C@H]([C@@H](C)O)[C@@H]4C3C)sc12. The van der Waals surface area contributed by atoms with Crippen LogP contribution in [0.5, 0.6) is 0 Å². The minimum atomic E-state index is -0.884. The molecule has 0 saturated carbocycles. The Morgan fingerprint density at radius 3 is 2.62 bits per heavy atom. The Kier molecular flexibility index (Phi) is 6.16. The maximum absolute atomic E-state index is 13.4. The van der Waals surface area contributed by atoms with Crippen LogP contribution in [0.3, 0.4) is 0 Å². The molecule has 5 rings (SSSR count). The number of non-ortho nitro benzene ring substituents is 1. The molecule has 0 aliphatic carbocycles. The quantitative estimate of drug-likeness (QED) is 0.155. The van der Waals surface area contributed by atoms with Crippen molar-refractivity contribution in [2.45, 2.75) is 45.9 Å². The Morgan fingerprint density at radius 2 is 2.00 bits per heavy atom. The summed E-state index contributed by atoms with van der Waals surface area (Å²) in [5.41, 5.74) is 1.56. The zero-order valence-electron chi connectivity index (χ0n) is 20.3. The lowest BCUT2D eigenvalue weighted by Gasteiger charge is -2.46. The van der Waals surface area contributed by atoms with Crippen LogP contribution in [0.25, 0.3) is 10.4 Å². The predicted molar refractivity (Wildman–Crippen MR) is 132 cm³/mol. The lowest BCUT2D eigenvalue weighted by molar-refractivity contribution is -0.384. The Bertz CT molecular complexity index is 1470. The topological polar surface area (TPSA) is 144 Å². The van der Waals surface area contributed by atoms with Gasteiger partial charge in [-0.15, -0.1) is 11.3 Å². The van der Waals surface area contributed by atoms with Gasteiger partial charge in [0.15, 0.2) is 5.78 Å². The second kappa shape index (κ2) is 9.20. The molecule has 4 atom stereocenters. The minimum absolute atomic E-state index is 0.0765. The molecule has 0 bridgehead atoms. The second-order valence-electron chi connectivity index (χ2n) is 9.19. The van der Waals surface area contributed by atoms with Gasteiger partial charge in [-0.05, 0) is 24.6 Å². The van der Waals surface area contributed by atoms with Crippen molar-refractivity contribution in [3.05, 3.63) is 68.7 Å². The van der Waals surface area contributed by atoms with Gasteiger partial charge in [0.25, 0.3) is 5.69 Å². The number of ether oxygens (including phenoxy) is 1. The Morgan fingerprint density at radius 1 is 1.30 bits per heavy atom. The average molecular weight is 525 g/mol. The summed E-state index contributed by atoms with van der Waals surface area (Å²) in [6.45, 7) is 5.08. The van der Waals surface area contributed by atoms with E-state index in [1.165, 1.54) is 40.5 Å². The van der Waals surface area contributed by atoms with E-state index in [2.05, 4.69) is 4.98 Å². The number of hydrogen-bond acceptors (Lipinski definition) is 9. The van der Waals surface area contributed by atoms with Crippen molar-refractivity contribution in [3.8, 4) is 0 Å². The van der Waals surface area contributed by atoms with Gasteiger partial charge in [-0.1, -0.05) is 13.8 Å². The number of imidazole rings is 1. The third-order valence-electron chi connectivity index (χ3n) is 6.94. The molecule has 1 N–H and O–H groups in total. The number of amides is 1. The number of carbonyl (C=O) groups is 3. The molecule has 12 heteroatoms. The van der Waals surface area contributed by atoms with E-state index in [0.29, 0.717) is 33.0 Å². The molecule has 11 nitrogen and oxygen atoms in total. The summed E-state index contributed by atoms with van der Waals surface area (Å²) in [5.74, 6) is -2.08.